The minimum absolute atomic E-state index is 0.573. The number of rotatable bonds is 6. The van der Waals surface area contributed by atoms with Crippen molar-refractivity contribution in [2.75, 3.05) is 0 Å². The average molecular weight is 477 g/mol. The molecule has 36 heavy (non-hydrogen) atoms. The van der Waals surface area contributed by atoms with Gasteiger partial charge in [-0.05, 0) is 0 Å². The topological polar surface area (TPSA) is 154 Å². The molecule has 8 heteroatoms. The molecule has 0 fully saturated rings. The van der Waals surface area contributed by atoms with Gasteiger partial charge in [0, 0.05) is 22.3 Å². The first-order valence-corrected chi connectivity index (χ1v) is 11.1. The third-order valence-electron chi connectivity index (χ3n) is 5.15. The van der Waals surface area contributed by atoms with E-state index in [2.05, 4.69) is 20.4 Å². The molecule has 0 aliphatic carbocycles. The second-order valence-corrected chi connectivity index (χ2v) is 7.37. The van der Waals surface area contributed by atoms with E-state index < -0.39 is 0 Å². The van der Waals surface area contributed by atoms with Gasteiger partial charge in [-0.1, -0.05) is 121 Å². The van der Waals surface area contributed by atoms with Crippen molar-refractivity contribution in [1.82, 2.24) is 0 Å². The molecule has 180 valence electrons. The lowest BCUT2D eigenvalue weighted by atomic mass is 10.00. The maximum Gasteiger partial charge on any atom is 0.118 e. The normalized spacial score (nSPS) is 12.4. The Kier molecular flexibility index (Phi) is 9.49. The highest BCUT2D eigenvalue weighted by atomic mass is 15.2. The zero-order valence-corrected chi connectivity index (χ0v) is 19.6. The third-order valence-corrected chi connectivity index (χ3v) is 5.15. The molecule has 4 aromatic carbocycles. The first-order valence-electron chi connectivity index (χ1n) is 11.1. The lowest BCUT2D eigenvalue weighted by Crippen LogP contribution is -2.20. The van der Waals surface area contributed by atoms with Crippen LogP contribution in [-0.2, 0) is 0 Å². The zero-order chi connectivity index (χ0) is 25.6. The minimum atomic E-state index is 0.573. The lowest BCUT2D eigenvalue weighted by Gasteiger charge is -2.08. The van der Waals surface area contributed by atoms with Gasteiger partial charge in [-0.15, -0.1) is 0 Å². The fourth-order valence-electron chi connectivity index (χ4n) is 3.47. The van der Waals surface area contributed by atoms with Crippen LogP contribution in [0.15, 0.2) is 142 Å². The minimum Gasteiger partial charge on any atom is -0.323 e. The number of hydrogen-bond acceptors (Lipinski definition) is 8. The highest BCUT2D eigenvalue weighted by Gasteiger charge is 2.14. The van der Waals surface area contributed by atoms with Crippen molar-refractivity contribution in [3.05, 3.63) is 144 Å². The van der Waals surface area contributed by atoms with Gasteiger partial charge in [-0.3, -0.25) is 0 Å². The van der Waals surface area contributed by atoms with E-state index in [4.69, 9.17) is 23.4 Å². The fraction of sp³-hybridized carbons (Fsp3) is 0. The monoisotopic (exact) mass is 476 g/mol. The molecule has 8 N–H and O–H groups in total. The second kappa shape index (κ2) is 13.5. The molecule has 0 heterocycles. The van der Waals surface area contributed by atoms with Crippen LogP contribution in [0.2, 0.25) is 0 Å². The zero-order valence-electron chi connectivity index (χ0n) is 19.6. The average Bonchev–Trinajstić information content (AvgIpc) is 2.96. The molecule has 0 aliphatic rings. The van der Waals surface area contributed by atoms with E-state index in [1.54, 1.807) is 0 Å². The molecule has 4 rings (SSSR count). The molecule has 0 saturated carbocycles. The molecule has 0 atom stereocenters. The third kappa shape index (κ3) is 6.42. The summed E-state index contributed by atoms with van der Waals surface area (Å²) in [5.41, 5.74) is 5.82. The van der Waals surface area contributed by atoms with Crippen LogP contribution < -0.4 is 23.4 Å². The van der Waals surface area contributed by atoms with Crippen LogP contribution in [0.1, 0.15) is 22.3 Å². The summed E-state index contributed by atoms with van der Waals surface area (Å²) in [6, 6.07) is 38.4. The second-order valence-electron chi connectivity index (χ2n) is 7.37. The van der Waals surface area contributed by atoms with Crippen LogP contribution in [0.3, 0.4) is 0 Å². The molecule has 0 bridgehead atoms. The van der Waals surface area contributed by atoms with Crippen molar-refractivity contribution in [2.24, 2.45) is 43.8 Å². The summed E-state index contributed by atoms with van der Waals surface area (Å²) in [4.78, 5) is 0. The molecule has 0 aliphatic heterocycles. The predicted octanol–water partition coefficient (Wildman–Crippen LogP) is 3.42. The van der Waals surface area contributed by atoms with Crippen molar-refractivity contribution in [3.8, 4) is 0 Å². The summed E-state index contributed by atoms with van der Waals surface area (Å²) in [6.07, 6.45) is 0. The quantitative estimate of drug-likeness (QED) is 0.191. The van der Waals surface area contributed by atoms with Crippen LogP contribution in [0, 0.1) is 0 Å². The Bertz CT molecular complexity index is 1120. The van der Waals surface area contributed by atoms with Gasteiger partial charge >= 0.3 is 0 Å². The smallest absolute Gasteiger partial charge is 0.118 e. The van der Waals surface area contributed by atoms with Gasteiger partial charge in [0.2, 0.25) is 0 Å². The maximum atomic E-state index is 5.47. The van der Waals surface area contributed by atoms with Crippen molar-refractivity contribution in [2.45, 2.75) is 0 Å². The summed E-state index contributed by atoms with van der Waals surface area (Å²) in [5.74, 6) is 21.9. The highest BCUT2D eigenvalue weighted by molar-refractivity contribution is 6.54. The summed E-state index contributed by atoms with van der Waals surface area (Å²) >= 11 is 0. The van der Waals surface area contributed by atoms with Crippen molar-refractivity contribution >= 4 is 22.8 Å². The number of benzene rings is 4. The molecule has 0 unspecified atom stereocenters. The van der Waals surface area contributed by atoms with Crippen LogP contribution in [0.25, 0.3) is 0 Å². The standard InChI is InChI=1S/2C14H14N4/c2*15-17-13(11-7-3-1-4-8-11)14(18-16)12-9-5-2-6-10-12/h2*1-10H,15-16H2/b2*17-13-,18-14-. The Morgan fingerprint density at radius 2 is 0.472 bits per heavy atom. The maximum absolute atomic E-state index is 5.47. The van der Waals surface area contributed by atoms with E-state index in [1.807, 2.05) is 121 Å². The van der Waals surface area contributed by atoms with Crippen LogP contribution in [0.5, 0.6) is 0 Å². The largest absolute Gasteiger partial charge is 0.323 e. The van der Waals surface area contributed by atoms with E-state index in [0.29, 0.717) is 22.8 Å². The van der Waals surface area contributed by atoms with Gasteiger partial charge in [-0.25, -0.2) is 0 Å². The summed E-state index contributed by atoms with van der Waals surface area (Å²) in [5, 5.41) is 15.2. The molecule has 0 radical (unpaired) electrons. The van der Waals surface area contributed by atoms with Crippen LogP contribution >= 0.6 is 0 Å². The number of nitrogens with zero attached hydrogens (tertiary/aromatic N) is 4. The van der Waals surface area contributed by atoms with Crippen LogP contribution in [-0.4, -0.2) is 22.8 Å². The van der Waals surface area contributed by atoms with Crippen molar-refractivity contribution in [3.63, 3.8) is 0 Å². The molecule has 0 amide bonds. The van der Waals surface area contributed by atoms with E-state index in [0.717, 1.165) is 22.3 Å². The highest BCUT2D eigenvalue weighted by Crippen LogP contribution is 2.10. The predicted molar refractivity (Wildman–Crippen MR) is 149 cm³/mol. The van der Waals surface area contributed by atoms with Gasteiger partial charge in [0.05, 0.1) is 0 Å². The lowest BCUT2D eigenvalue weighted by molar-refractivity contribution is 1.23. The molecule has 4 aromatic rings. The van der Waals surface area contributed by atoms with Crippen LogP contribution in [0.4, 0.5) is 0 Å². The van der Waals surface area contributed by atoms with Gasteiger partial charge in [0.25, 0.3) is 0 Å². The van der Waals surface area contributed by atoms with Gasteiger partial charge in [0.1, 0.15) is 22.8 Å². The summed E-state index contributed by atoms with van der Waals surface area (Å²) < 4.78 is 0. The SMILES string of the molecule is N/N=C(\C(=N/N)c1ccccc1)c1ccccc1.N/N=C(\C(=N/N)c1ccccc1)c1ccccc1. The number of hydrogen-bond donors (Lipinski definition) is 4. The Morgan fingerprint density at radius 3 is 0.611 bits per heavy atom. The first kappa shape index (κ1) is 25.4. The van der Waals surface area contributed by atoms with Crippen molar-refractivity contribution in [1.29, 1.82) is 0 Å². The summed E-state index contributed by atoms with van der Waals surface area (Å²) in [7, 11) is 0. The number of hydrazone groups is 4. The molecule has 0 aromatic heterocycles. The molecule has 8 nitrogen and oxygen atoms in total. The first-order chi connectivity index (χ1) is 17.7. The summed E-state index contributed by atoms with van der Waals surface area (Å²) in [6.45, 7) is 0. The van der Waals surface area contributed by atoms with E-state index in [-0.39, 0.29) is 0 Å². The molecular weight excluding hydrogens is 448 g/mol. The Labute approximate surface area is 210 Å². The molecular formula is C28H28N8. The van der Waals surface area contributed by atoms with Gasteiger partial charge < -0.3 is 23.4 Å². The number of nitrogens with two attached hydrogens (primary N) is 4. The Hall–Kier alpha value is -5.24. The van der Waals surface area contributed by atoms with E-state index in [1.165, 1.54) is 0 Å². The molecule has 0 spiro atoms. The Morgan fingerprint density at radius 1 is 0.306 bits per heavy atom. The van der Waals surface area contributed by atoms with Gasteiger partial charge in [-0.2, -0.15) is 20.4 Å². The Balaban J connectivity index is 0.000000201. The van der Waals surface area contributed by atoms with Crippen molar-refractivity contribution < 1.29 is 0 Å². The fourth-order valence-corrected chi connectivity index (χ4v) is 3.47. The van der Waals surface area contributed by atoms with Gasteiger partial charge in [0.15, 0.2) is 0 Å². The van der Waals surface area contributed by atoms with E-state index in [9.17, 15) is 0 Å². The van der Waals surface area contributed by atoms with E-state index >= 15 is 0 Å². The molecule has 0 saturated heterocycles.